The van der Waals surface area contributed by atoms with E-state index in [2.05, 4.69) is 4.98 Å². The predicted molar refractivity (Wildman–Crippen MR) is 70.7 cm³/mol. The van der Waals surface area contributed by atoms with Gasteiger partial charge >= 0.3 is 0 Å². The van der Waals surface area contributed by atoms with Crippen LogP contribution in [-0.4, -0.2) is 4.98 Å². The molecular formula is C15H16F2N2. The number of hydrogen-bond donors (Lipinski definition) is 1. The molecule has 4 heteroatoms. The second-order valence-electron chi connectivity index (χ2n) is 4.80. The molecule has 0 spiro atoms. The highest BCUT2D eigenvalue weighted by molar-refractivity contribution is 5.28. The van der Waals surface area contributed by atoms with Crippen LogP contribution in [0.2, 0.25) is 0 Å². The van der Waals surface area contributed by atoms with E-state index in [0.29, 0.717) is 12.0 Å². The van der Waals surface area contributed by atoms with E-state index in [9.17, 15) is 8.78 Å². The molecule has 1 unspecified atom stereocenters. The van der Waals surface area contributed by atoms with Gasteiger partial charge in [-0.25, -0.2) is 8.78 Å². The lowest BCUT2D eigenvalue weighted by Gasteiger charge is -2.14. The lowest BCUT2D eigenvalue weighted by molar-refractivity contribution is 0.575. The fourth-order valence-corrected chi connectivity index (χ4v) is 2.19. The minimum absolute atomic E-state index is 0.353. The summed E-state index contributed by atoms with van der Waals surface area (Å²) in [6.45, 7) is 3.89. The molecule has 0 saturated carbocycles. The maximum Gasteiger partial charge on any atom is 0.126 e. The van der Waals surface area contributed by atoms with Crippen molar-refractivity contribution in [3.05, 3.63) is 64.5 Å². The van der Waals surface area contributed by atoms with Gasteiger partial charge in [0.2, 0.25) is 0 Å². The smallest absolute Gasteiger partial charge is 0.126 e. The first kappa shape index (κ1) is 13.6. The minimum Gasteiger partial charge on any atom is -0.322 e. The average molecular weight is 262 g/mol. The topological polar surface area (TPSA) is 38.9 Å². The van der Waals surface area contributed by atoms with E-state index in [-0.39, 0.29) is 6.04 Å². The highest BCUT2D eigenvalue weighted by Gasteiger charge is 2.12. The number of halogens is 2. The third-order valence-corrected chi connectivity index (χ3v) is 2.98. The van der Waals surface area contributed by atoms with Crippen LogP contribution >= 0.6 is 0 Å². The predicted octanol–water partition coefficient (Wildman–Crippen LogP) is 3.22. The van der Waals surface area contributed by atoms with Crippen molar-refractivity contribution in [1.82, 2.24) is 4.98 Å². The zero-order chi connectivity index (χ0) is 14.0. The summed E-state index contributed by atoms with van der Waals surface area (Å²) in [5.74, 6) is -1.17. The molecule has 0 aliphatic carbocycles. The Hall–Kier alpha value is -1.81. The third-order valence-electron chi connectivity index (χ3n) is 2.98. The molecule has 100 valence electrons. The summed E-state index contributed by atoms with van der Waals surface area (Å²) in [7, 11) is 0. The fourth-order valence-electron chi connectivity index (χ4n) is 2.19. The number of benzene rings is 1. The number of pyridine rings is 1. The second-order valence-corrected chi connectivity index (χ2v) is 4.80. The summed E-state index contributed by atoms with van der Waals surface area (Å²) >= 11 is 0. The van der Waals surface area contributed by atoms with Crippen molar-refractivity contribution in [2.24, 2.45) is 5.73 Å². The van der Waals surface area contributed by atoms with Gasteiger partial charge in [-0.15, -0.1) is 0 Å². The molecule has 0 bridgehead atoms. The molecule has 0 amide bonds. The van der Waals surface area contributed by atoms with Gasteiger partial charge < -0.3 is 5.73 Å². The monoisotopic (exact) mass is 262 g/mol. The van der Waals surface area contributed by atoms with Crippen LogP contribution in [0.4, 0.5) is 8.78 Å². The Balaban J connectivity index is 2.22. The quantitative estimate of drug-likeness (QED) is 0.922. The van der Waals surface area contributed by atoms with Gasteiger partial charge in [0.05, 0.1) is 11.7 Å². The number of aromatic nitrogens is 1. The van der Waals surface area contributed by atoms with Gasteiger partial charge in [-0.2, -0.15) is 0 Å². The summed E-state index contributed by atoms with van der Waals surface area (Å²) in [4.78, 5) is 4.31. The Morgan fingerprint density at radius 3 is 2.32 bits per heavy atom. The van der Waals surface area contributed by atoms with E-state index in [4.69, 9.17) is 5.73 Å². The van der Waals surface area contributed by atoms with Gasteiger partial charge in [0.25, 0.3) is 0 Å². The maximum atomic E-state index is 13.1. The zero-order valence-corrected chi connectivity index (χ0v) is 11.0. The molecule has 1 heterocycles. The summed E-state index contributed by atoms with van der Waals surface area (Å²) in [5.41, 5.74) is 9.41. The Morgan fingerprint density at radius 1 is 1.11 bits per heavy atom. The highest BCUT2D eigenvalue weighted by atomic mass is 19.1. The molecule has 0 aliphatic heterocycles. The Bertz CT molecular complexity index is 576. The normalized spacial score (nSPS) is 12.5. The van der Waals surface area contributed by atoms with E-state index >= 15 is 0 Å². The molecule has 1 aromatic carbocycles. The van der Waals surface area contributed by atoms with E-state index in [1.807, 2.05) is 19.9 Å². The van der Waals surface area contributed by atoms with Crippen LogP contribution in [0.15, 0.2) is 30.5 Å². The molecule has 0 radical (unpaired) electrons. The first-order chi connectivity index (χ1) is 8.95. The lowest BCUT2D eigenvalue weighted by Crippen LogP contribution is -2.16. The number of nitrogens with zero attached hydrogens (tertiary/aromatic N) is 1. The third kappa shape index (κ3) is 3.35. The SMILES string of the molecule is Cc1cnc(C(N)Cc2cc(F)cc(F)c2)c(C)c1. The Morgan fingerprint density at radius 2 is 1.74 bits per heavy atom. The summed E-state index contributed by atoms with van der Waals surface area (Å²) < 4.78 is 26.2. The molecule has 0 saturated heterocycles. The van der Waals surface area contributed by atoms with E-state index in [0.717, 1.165) is 22.9 Å². The summed E-state index contributed by atoms with van der Waals surface area (Å²) in [6.07, 6.45) is 2.10. The van der Waals surface area contributed by atoms with Crippen LogP contribution in [0.3, 0.4) is 0 Å². The molecule has 0 aliphatic rings. The molecule has 2 rings (SSSR count). The first-order valence-corrected chi connectivity index (χ1v) is 6.09. The van der Waals surface area contributed by atoms with Crippen molar-refractivity contribution in [3.63, 3.8) is 0 Å². The standard InChI is InChI=1S/C15H16F2N2/c1-9-3-10(2)15(19-8-9)14(18)6-11-4-12(16)7-13(17)5-11/h3-5,7-8,14H,6,18H2,1-2H3. The average Bonchev–Trinajstić information content (AvgIpc) is 2.26. The van der Waals surface area contributed by atoms with Gasteiger partial charge in [0.1, 0.15) is 11.6 Å². The van der Waals surface area contributed by atoms with E-state index in [1.165, 1.54) is 12.1 Å². The number of hydrogen-bond acceptors (Lipinski definition) is 2. The molecule has 1 aromatic heterocycles. The van der Waals surface area contributed by atoms with Crippen LogP contribution in [0, 0.1) is 25.5 Å². The van der Waals surface area contributed by atoms with Crippen molar-refractivity contribution >= 4 is 0 Å². The van der Waals surface area contributed by atoms with Crippen LogP contribution in [0.1, 0.15) is 28.4 Å². The molecule has 2 aromatic rings. The summed E-state index contributed by atoms with van der Waals surface area (Å²) in [5, 5.41) is 0. The second kappa shape index (κ2) is 5.45. The van der Waals surface area contributed by atoms with Gasteiger partial charge in [0, 0.05) is 12.3 Å². The van der Waals surface area contributed by atoms with Crippen LogP contribution in [0.25, 0.3) is 0 Å². The molecule has 1 atom stereocenters. The van der Waals surface area contributed by atoms with Gasteiger partial charge in [-0.05, 0) is 49.1 Å². The minimum atomic E-state index is -0.587. The van der Waals surface area contributed by atoms with Gasteiger partial charge in [0.15, 0.2) is 0 Å². The van der Waals surface area contributed by atoms with Crippen molar-refractivity contribution in [1.29, 1.82) is 0 Å². The molecule has 2 nitrogen and oxygen atoms in total. The van der Waals surface area contributed by atoms with Crippen molar-refractivity contribution in [2.45, 2.75) is 26.3 Å². The largest absolute Gasteiger partial charge is 0.322 e. The molecule has 2 N–H and O–H groups in total. The van der Waals surface area contributed by atoms with E-state index < -0.39 is 11.6 Å². The first-order valence-electron chi connectivity index (χ1n) is 6.09. The summed E-state index contributed by atoms with van der Waals surface area (Å²) in [6, 6.07) is 5.07. The van der Waals surface area contributed by atoms with Crippen molar-refractivity contribution < 1.29 is 8.78 Å². The zero-order valence-electron chi connectivity index (χ0n) is 11.0. The number of aryl methyl sites for hydroxylation is 2. The molecule has 19 heavy (non-hydrogen) atoms. The number of nitrogens with two attached hydrogens (primary N) is 1. The number of rotatable bonds is 3. The maximum absolute atomic E-state index is 13.1. The van der Waals surface area contributed by atoms with Gasteiger partial charge in [-0.1, -0.05) is 6.07 Å². The Kier molecular flexibility index (Phi) is 3.90. The Labute approximate surface area is 111 Å². The lowest BCUT2D eigenvalue weighted by atomic mass is 10.00. The highest BCUT2D eigenvalue weighted by Crippen LogP contribution is 2.19. The fraction of sp³-hybridized carbons (Fsp3) is 0.267. The van der Waals surface area contributed by atoms with Gasteiger partial charge in [-0.3, -0.25) is 4.98 Å². The molecule has 0 fully saturated rings. The van der Waals surface area contributed by atoms with Crippen LogP contribution < -0.4 is 5.73 Å². The van der Waals surface area contributed by atoms with E-state index in [1.54, 1.807) is 6.20 Å². The van der Waals surface area contributed by atoms with Crippen LogP contribution in [0.5, 0.6) is 0 Å². The molecular weight excluding hydrogens is 246 g/mol. The van der Waals surface area contributed by atoms with Crippen molar-refractivity contribution in [3.8, 4) is 0 Å². The van der Waals surface area contributed by atoms with Crippen LogP contribution in [-0.2, 0) is 6.42 Å². The van der Waals surface area contributed by atoms with Crippen molar-refractivity contribution in [2.75, 3.05) is 0 Å².